The summed E-state index contributed by atoms with van der Waals surface area (Å²) in [6, 6.07) is 14.0. The van der Waals surface area contributed by atoms with E-state index in [0.29, 0.717) is 30.4 Å². The molecule has 200 valence electrons. The lowest BCUT2D eigenvalue weighted by molar-refractivity contribution is -0.111. The standard InChI is InChI=1S/C29H35N5O4/c1-21(22-7-3-2-4-8-22)32-29-24-17-26(33-28(35)10-5-11-34-12-15-36-16-13-34)27(18-25(24)30-20-31-29)38-19-23-9-6-14-37-23/h2-5,7-8,10,17-18,20-21,23H,6,9,11-16,19H2,1H3,(H,33,35)(H,30,31,32)/t21-,23?/m1/s1. The van der Waals surface area contributed by atoms with E-state index in [0.717, 1.165) is 62.2 Å². The maximum atomic E-state index is 12.9. The Hall–Kier alpha value is -3.53. The lowest BCUT2D eigenvalue weighted by atomic mass is 10.1. The zero-order valence-electron chi connectivity index (χ0n) is 21.8. The third-order valence-corrected chi connectivity index (χ3v) is 6.83. The minimum Gasteiger partial charge on any atom is -0.489 e. The Kier molecular flexibility index (Phi) is 8.80. The van der Waals surface area contributed by atoms with Crippen LogP contribution in [0.25, 0.3) is 10.9 Å². The number of hydrogen-bond donors (Lipinski definition) is 2. The Morgan fingerprint density at radius 1 is 1.18 bits per heavy atom. The average Bonchev–Trinajstić information content (AvgIpc) is 3.47. The van der Waals surface area contributed by atoms with Gasteiger partial charge in [-0.3, -0.25) is 9.69 Å². The van der Waals surface area contributed by atoms with Gasteiger partial charge >= 0.3 is 0 Å². The molecule has 9 heteroatoms. The van der Waals surface area contributed by atoms with Crippen LogP contribution < -0.4 is 15.4 Å². The highest BCUT2D eigenvalue weighted by Gasteiger charge is 2.19. The van der Waals surface area contributed by atoms with Crippen molar-refractivity contribution in [1.29, 1.82) is 0 Å². The van der Waals surface area contributed by atoms with Crippen LogP contribution in [-0.2, 0) is 14.3 Å². The summed E-state index contributed by atoms with van der Waals surface area (Å²) in [7, 11) is 0. The van der Waals surface area contributed by atoms with Crippen LogP contribution >= 0.6 is 0 Å². The molecule has 9 nitrogen and oxygen atoms in total. The fourth-order valence-corrected chi connectivity index (χ4v) is 4.67. The van der Waals surface area contributed by atoms with Crippen molar-refractivity contribution >= 4 is 28.3 Å². The first kappa shape index (κ1) is 26.1. The highest BCUT2D eigenvalue weighted by atomic mass is 16.5. The molecule has 3 aromatic rings. The average molecular weight is 518 g/mol. The third-order valence-electron chi connectivity index (χ3n) is 6.83. The number of fused-ring (bicyclic) bond motifs is 1. The number of aromatic nitrogens is 2. The number of benzene rings is 2. The SMILES string of the molecule is C[C@@H](Nc1ncnc2cc(OCC3CCCO3)c(NC(=O)C=CCN3CCOCC3)cc12)c1ccccc1. The van der Waals surface area contributed by atoms with Gasteiger partial charge in [0.15, 0.2) is 0 Å². The summed E-state index contributed by atoms with van der Waals surface area (Å²) in [5.74, 6) is 1.03. The van der Waals surface area contributed by atoms with Crippen molar-refractivity contribution in [2.45, 2.75) is 31.9 Å². The molecule has 0 saturated carbocycles. The van der Waals surface area contributed by atoms with E-state index < -0.39 is 0 Å². The quantitative estimate of drug-likeness (QED) is 0.387. The molecule has 2 saturated heterocycles. The van der Waals surface area contributed by atoms with Gasteiger partial charge in [-0.25, -0.2) is 9.97 Å². The Morgan fingerprint density at radius 2 is 2.03 bits per heavy atom. The zero-order valence-corrected chi connectivity index (χ0v) is 21.8. The third kappa shape index (κ3) is 6.86. The van der Waals surface area contributed by atoms with Crippen LogP contribution in [0.15, 0.2) is 60.9 Å². The predicted octanol–water partition coefficient (Wildman–Crippen LogP) is 4.19. The van der Waals surface area contributed by atoms with Crippen LogP contribution in [0.2, 0.25) is 0 Å². The van der Waals surface area contributed by atoms with Crippen LogP contribution in [0.1, 0.15) is 31.4 Å². The zero-order chi connectivity index (χ0) is 26.2. The van der Waals surface area contributed by atoms with Gasteiger partial charge in [-0.15, -0.1) is 0 Å². The largest absolute Gasteiger partial charge is 0.489 e. The molecule has 2 aliphatic heterocycles. The maximum absolute atomic E-state index is 12.9. The van der Waals surface area contributed by atoms with Crippen LogP contribution in [0.4, 0.5) is 11.5 Å². The van der Waals surface area contributed by atoms with Crippen LogP contribution in [0, 0.1) is 0 Å². The number of anilines is 2. The minimum atomic E-state index is -0.219. The van der Waals surface area contributed by atoms with E-state index in [4.69, 9.17) is 14.2 Å². The van der Waals surface area contributed by atoms with E-state index in [-0.39, 0.29) is 18.1 Å². The Bertz CT molecular complexity index is 1240. The van der Waals surface area contributed by atoms with Crippen molar-refractivity contribution in [2.24, 2.45) is 0 Å². The molecule has 2 aliphatic rings. The summed E-state index contributed by atoms with van der Waals surface area (Å²) >= 11 is 0. The van der Waals surface area contributed by atoms with E-state index in [1.54, 1.807) is 12.4 Å². The summed E-state index contributed by atoms with van der Waals surface area (Å²) < 4.78 is 17.3. The van der Waals surface area contributed by atoms with E-state index in [1.165, 1.54) is 0 Å². The molecule has 5 rings (SSSR count). The van der Waals surface area contributed by atoms with Gasteiger partial charge in [0.2, 0.25) is 5.91 Å². The highest BCUT2D eigenvalue weighted by molar-refractivity contribution is 6.03. The summed E-state index contributed by atoms with van der Waals surface area (Å²) in [5, 5.41) is 7.30. The first-order valence-electron chi connectivity index (χ1n) is 13.3. The van der Waals surface area contributed by atoms with E-state index >= 15 is 0 Å². The molecule has 2 aromatic carbocycles. The summed E-state index contributed by atoms with van der Waals surface area (Å²) in [4.78, 5) is 24.1. The van der Waals surface area contributed by atoms with E-state index in [2.05, 4.69) is 44.6 Å². The molecular weight excluding hydrogens is 482 g/mol. The summed E-state index contributed by atoms with van der Waals surface area (Å²) in [6.07, 6.45) is 7.04. The normalized spacial score (nSPS) is 19.0. The number of nitrogens with zero attached hydrogens (tertiary/aromatic N) is 3. The number of morpholine rings is 1. The minimum absolute atomic E-state index is 0.0332. The van der Waals surface area contributed by atoms with Crippen molar-refractivity contribution < 1.29 is 19.0 Å². The highest BCUT2D eigenvalue weighted by Crippen LogP contribution is 2.34. The monoisotopic (exact) mass is 517 g/mol. The first-order chi connectivity index (χ1) is 18.7. The Labute approximate surface area is 223 Å². The van der Waals surface area contributed by atoms with Gasteiger partial charge in [-0.05, 0) is 31.4 Å². The van der Waals surface area contributed by atoms with Gasteiger partial charge in [0.1, 0.15) is 24.5 Å². The van der Waals surface area contributed by atoms with Crippen molar-refractivity contribution in [3.8, 4) is 5.75 Å². The van der Waals surface area contributed by atoms with Crippen molar-refractivity contribution in [2.75, 3.05) is 56.7 Å². The number of ether oxygens (including phenoxy) is 3. The molecule has 0 spiro atoms. The topological polar surface area (TPSA) is 97.8 Å². The number of carbonyl (C=O) groups is 1. The Balaban J connectivity index is 1.37. The van der Waals surface area contributed by atoms with Gasteiger partial charge in [0.05, 0.1) is 30.5 Å². The number of amides is 1. The van der Waals surface area contributed by atoms with Gasteiger partial charge in [0.25, 0.3) is 0 Å². The molecule has 2 atom stereocenters. The van der Waals surface area contributed by atoms with Crippen LogP contribution in [0.5, 0.6) is 5.75 Å². The number of hydrogen-bond acceptors (Lipinski definition) is 8. The lowest BCUT2D eigenvalue weighted by Crippen LogP contribution is -2.36. The van der Waals surface area contributed by atoms with E-state index in [1.807, 2.05) is 36.4 Å². The first-order valence-corrected chi connectivity index (χ1v) is 13.3. The number of rotatable bonds is 10. The molecule has 38 heavy (non-hydrogen) atoms. The molecule has 0 aliphatic carbocycles. The fourth-order valence-electron chi connectivity index (χ4n) is 4.67. The second-order valence-electron chi connectivity index (χ2n) is 9.62. The predicted molar refractivity (Wildman–Crippen MR) is 148 cm³/mol. The summed E-state index contributed by atoms with van der Waals surface area (Å²) in [5.41, 5.74) is 2.45. The molecule has 3 heterocycles. The maximum Gasteiger partial charge on any atom is 0.248 e. The van der Waals surface area contributed by atoms with Gasteiger partial charge < -0.3 is 24.8 Å². The molecule has 2 fully saturated rings. The molecule has 1 aromatic heterocycles. The van der Waals surface area contributed by atoms with Gasteiger partial charge in [-0.2, -0.15) is 0 Å². The lowest BCUT2D eigenvalue weighted by Gasteiger charge is -2.25. The summed E-state index contributed by atoms with van der Waals surface area (Å²) in [6.45, 7) is 7.16. The molecule has 2 N–H and O–H groups in total. The van der Waals surface area contributed by atoms with Gasteiger partial charge in [-0.1, -0.05) is 36.4 Å². The fraction of sp³-hybridized carbons (Fsp3) is 0.414. The smallest absolute Gasteiger partial charge is 0.248 e. The van der Waals surface area contributed by atoms with E-state index in [9.17, 15) is 4.79 Å². The molecule has 1 amide bonds. The van der Waals surface area contributed by atoms with Crippen LogP contribution in [0.3, 0.4) is 0 Å². The second-order valence-corrected chi connectivity index (χ2v) is 9.62. The molecule has 1 unspecified atom stereocenters. The van der Waals surface area contributed by atoms with Crippen molar-refractivity contribution in [1.82, 2.24) is 14.9 Å². The Morgan fingerprint density at radius 3 is 2.82 bits per heavy atom. The second kappa shape index (κ2) is 12.8. The van der Waals surface area contributed by atoms with Gasteiger partial charge in [0, 0.05) is 49.8 Å². The van der Waals surface area contributed by atoms with Crippen LogP contribution in [-0.4, -0.2) is 72.9 Å². The molecular formula is C29H35N5O4. The molecule has 0 bridgehead atoms. The number of carbonyl (C=O) groups excluding carboxylic acids is 1. The molecule has 0 radical (unpaired) electrons. The van der Waals surface area contributed by atoms with Crippen molar-refractivity contribution in [3.05, 3.63) is 66.5 Å². The van der Waals surface area contributed by atoms with Crippen molar-refractivity contribution in [3.63, 3.8) is 0 Å². The number of nitrogens with one attached hydrogen (secondary N) is 2.